The second-order valence-corrected chi connectivity index (χ2v) is 5.41. The van der Waals surface area contributed by atoms with Crippen LogP contribution in [0.5, 0.6) is 0 Å². The topological polar surface area (TPSA) is 38.0 Å². The van der Waals surface area contributed by atoms with Gasteiger partial charge in [-0.25, -0.2) is 0 Å². The first kappa shape index (κ1) is 14.4. The van der Waals surface area contributed by atoms with E-state index in [9.17, 15) is 18.3 Å². The summed E-state index contributed by atoms with van der Waals surface area (Å²) in [5.41, 5.74) is 0.785. The third kappa shape index (κ3) is 3.72. The average Bonchev–Trinajstić information content (AvgIpc) is 2.74. The van der Waals surface area contributed by atoms with Crippen LogP contribution in [0.1, 0.15) is 31.4 Å². The molecule has 1 aromatic rings. The Bertz CT molecular complexity index is 408. The van der Waals surface area contributed by atoms with Crippen molar-refractivity contribution in [3.63, 3.8) is 0 Å². The molecule has 0 saturated heterocycles. The summed E-state index contributed by atoms with van der Waals surface area (Å²) in [7, 11) is 1.80. The molecule has 1 unspecified atom stereocenters. The minimum atomic E-state index is -4.09. The van der Waals surface area contributed by atoms with E-state index < -0.39 is 18.2 Å². The van der Waals surface area contributed by atoms with Gasteiger partial charge in [0.1, 0.15) is 0 Å². The Morgan fingerprint density at radius 2 is 2.00 bits per heavy atom. The summed E-state index contributed by atoms with van der Waals surface area (Å²) < 4.78 is 39.3. The van der Waals surface area contributed by atoms with E-state index in [1.54, 1.807) is 17.9 Å². The van der Waals surface area contributed by atoms with Crippen molar-refractivity contribution in [2.45, 2.75) is 44.4 Å². The third-order valence-electron chi connectivity index (χ3n) is 3.97. The maximum atomic E-state index is 12.5. The van der Waals surface area contributed by atoms with Crippen LogP contribution >= 0.6 is 0 Å². The van der Waals surface area contributed by atoms with E-state index in [2.05, 4.69) is 5.10 Å². The summed E-state index contributed by atoms with van der Waals surface area (Å²) in [6, 6.07) is 1.82. The Morgan fingerprint density at radius 1 is 1.37 bits per heavy atom. The number of aliphatic hydroxyl groups is 1. The maximum absolute atomic E-state index is 12.5. The summed E-state index contributed by atoms with van der Waals surface area (Å²) >= 11 is 0. The van der Waals surface area contributed by atoms with Gasteiger partial charge in [-0.05, 0) is 37.7 Å². The molecule has 1 atom stereocenters. The van der Waals surface area contributed by atoms with Gasteiger partial charge in [0.15, 0.2) is 0 Å². The van der Waals surface area contributed by atoms with Crippen molar-refractivity contribution in [3.8, 4) is 0 Å². The number of nitrogens with zero attached hydrogens (tertiary/aromatic N) is 2. The van der Waals surface area contributed by atoms with Crippen molar-refractivity contribution in [2.24, 2.45) is 18.9 Å². The van der Waals surface area contributed by atoms with Crippen LogP contribution in [0.4, 0.5) is 13.2 Å². The van der Waals surface area contributed by atoms with Gasteiger partial charge in [0.2, 0.25) is 0 Å². The number of aromatic nitrogens is 2. The lowest BCUT2D eigenvalue weighted by atomic mass is 9.78. The molecule has 0 amide bonds. The Balaban J connectivity index is 1.84. The average molecular weight is 276 g/mol. The van der Waals surface area contributed by atoms with Crippen LogP contribution in [-0.4, -0.2) is 27.2 Å². The summed E-state index contributed by atoms with van der Waals surface area (Å²) in [6.07, 6.45) is -1.32. The summed E-state index contributed by atoms with van der Waals surface area (Å²) in [5.74, 6) is -1.23. The molecule has 0 bridgehead atoms. The van der Waals surface area contributed by atoms with Crippen LogP contribution in [0, 0.1) is 11.8 Å². The number of hydrogen-bond acceptors (Lipinski definition) is 2. The summed E-state index contributed by atoms with van der Waals surface area (Å²) in [4.78, 5) is 0. The third-order valence-corrected chi connectivity index (χ3v) is 3.97. The van der Waals surface area contributed by atoms with E-state index >= 15 is 0 Å². The SMILES string of the molecule is Cn1ccc(CC(O)C2CCC(C(F)(F)F)CC2)n1. The van der Waals surface area contributed by atoms with Crippen molar-refractivity contribution in [1.29, 1.82) is 0 Å². The number of rotatable bonds is 3. The molecule has 1 N–H and O–H groups in total. The van der Waals surface area contributed by atoms with Crippen molar-refractivity contribution < 1.29 is 18.3 Å². The van der Waals surface area contributed by atoms with Crippen molar-refractivity contribution in [3.05, 3.63) is 18.0 Å². The predicted molar refractivity (Wildman–Crippen MR) is 64.4 cm³/mol. The van der Waals surface area contributed by atoms with E-state index in [4.69, 9.17) is 0 Å². The van der Waals surface area contributed by atoms with E-state index in [0.717, 1.165) is 5.69 Å². The molecule has 0 radical (unpaired) electrons. The Morgan fingerprint density at radius 3 is 2.47 bits per heavy atom. The van der Waals surface area contributed by atoms with Gasteiger partial charge in [0.25, 0.3) is 0 Å². The number of alkyl halides is 3. The fourth-order valence-electron chi connectivity index (χ4n) is 2.78. The van der Waals surface area contributed by atoms with Crippen LogP contribution in [-0.2, 0) is 13.5 Å². The first-order valence-corrected chi connectivity index (χ1v) is 6.59. The van der Waals surface area contributed by atoms with Crippen LogP contribution in [0.3, 0.4) is 0 Å². The fraction of sp³-hybridized carbons (Fsp3) is 0.769. The molecular formula is C13H19F3N2O. The highest BCUT2D eigenvalue weighted by molar-refractivity contribution is 5.01. The van der Waals surface area contributed by atoms with Crippen molar-refractivity contribution in [2.75, 3.05) is 0 Å². The fourth-order valence-corrected chi connectivity index (χ4v) is 2.78. The maximum Gasteiger partial charge on any atom is 0.391 e. The highest BCUT2D eigenvalue weighted by atomic mass is 19.4. The van der Waals surface area contributed by atoms with Gasteiger partial charge < -0.3 is 5.11 Å². The highest BCUT2D eigenvalue weighted by Gasteiger charge is 2.42. The number of hydrogen-bond donors (Lipinski definition) is 1. The first-order valence-electron chi connectivity index (χ1n) is 6.59. The lowest BCUT2D eigenvalue weighted by Crippen LogP contribution is -2.32. The van der Waals surface area contributed by atoms with E-state index in [0.29, 0.717) is 19.3 Å². The van der Waals surface area contributed by atoms with Gasteiger partial charge in [-0.3, -0.25) is 4.68 Å². The molecule has 2 rings (SSSR count). The minimum absolute atomic E-state index is 0.0411. The van der Waals surface area contributed by atoms with Crippen LogP contribution in [0.2, 0.25) is 0 Å². The Kier molecular flexibility index (Phi) is 4.18. The van der Waals surface area contributed by atoms with Crippen molar-refractivity contribution in [1.82, 2.24) is 9.78 Å². The second kappa shape index (κ2) is 5.53. The quantitative estimate of drug-likeness (QED) is 0.921. The zero-order valence-electron chi connectivity index (χ0n) is 10.9. The van der Waals surface area contributed by atoms with E-state index in [1.165, 1.54) is 0 Å². The van der Waals surface area contributed by atoms with Gasteiger partial charge in [-0.2, -0.15) is 18.3 Å². The van der Waals surface area contributed by atoms with E-state index in [-0.39, 0.29) is 18.8 Å². The molecule has 1 heterocycles. The minimum Gasteiger partial charge on any atom is -0.392 e. The first-order chi connectivity index (χ1) is 8.86. The largest absolute Gasteiger partial charge is 0.392 e. The normalized spacial score (nSPS) is 26.4. The predicted octanol–water partition coefficient (Wildman–Crippen LogP) is 2.69. The zero-order chi connectivity index (χ0) is 14.0. The van der Waals surface area contributed by atoms with Crippen molar-refractivity contribution >= 4 is 0 Å². The molecule has 19 heavy (non-hydrogen) atoms. The van der Waals surface area contributed by atoms with Gasteiger partial charge in [0.05, 0.1) is 17.7 Å². The number of aliphatic hydroxyl groups excluding tert-OH is 1. The lowest BCUT2D eigenvalue weighted by molar-refractivity contribution is -0.185. The zero-order valence-corrected chi connectivity index (χ0v) is 10.9. The molecule has 108 valence electrons. The molecule has 1 fully saturated rings. The molecule has 3 nitrogen and oxygen atoms in total. The van der Waals surface area contributed by atoms with Crippen LogP contribution < -0.4 is 0 Å². The highest BCUT2D eigenvalue weighted by Crippen LogP contribution is 2.40. The molecule has 1 aliphatic carbocycles. The molecule has 6 heteroatoms. The molecule has 1 aliphatic rings. The van der Waals surface area contributed by atoms with Crippen LogP contribution in [0.25, 0.3) is 0 Å². The molecule has 1 aromatic heterocycles. The monoisotopic (exact) mass is 276 g/mol. The number of halogens is 3. The molecular weight excluding hydrogens is 257 g/mol. The van der Waals surface area contributed by atoms with Gasteiger partial charge >= 0.3 is 6.18 Å². The second-order valence-electron chi connectivity index (χ2n) is 5.41. The van der Waals surface area contributed by atoms with Gasteiger partial charge in [-0.1, -0.05) is 0 Å². The van der Waals surface area contributed by atoms with E-state index in [1.807, 2.05) is 6.07 Å². The number of aryl methyl sites for hydroxylation is 1. The van der Waals surface area contributed by atoms with Gasteiger partial charge in [0, 0.05) is 19.7 Å². The Hall–Kier alpha value is -1.04. The smallest absolute Gasteiger partial charge is 0.391 e. The molecule has 0 spiro atoms. The van der Waals surface area contributed by atoms with Gasteiger partial charge in [-0.15, -0.1) is 0 Å². The standard InChI is InChI=1S/C13H19F3N2O/c1-18-7-6-11(17-18)8-12(19)9-2-4-10(5-3-9)13(14,15)16/h6-7,9-10,12,19H,2-5,8H2,1H3. The summed E-state index contributed by atoms with van der Waals surface area (Å²) in [5, 5.41) is 14.3. The lowest BCUT2D eigenvalue weighted by Gasteiger charge is -2.32. The Labute approximate surface area is 110 Å². The summed E-state index contributed by atoms with van der Waals surface area (Å²) in [6.45, 7) is 0. The molecule has 0 aliphatic heterocycles. The molecule has 1 saturated carbocycles. The molecule has 0 aromatic carbocycles. The van der Waals surface area contributed by atoms with Crippen LogP contribution in [0.15, 0.2) is 12.3 Å².